The highest BCUT2D eigenvalue weighted by molar-refractivity contribution is 6.32. The predicted octanol–water partition coefficient (Wildman–Crippen LogP) is 5.07. The van der Waals surface area contributed by atoms with Crippen LogP contribution in [-0.2, 0) is 0 Å². The van der Waals surface area contributed by atoms with Crippen LogP contribution in [-0.4, -0.2) is 22.8 Å². The number of alkyl halides is 1. The normalized spacial score (nSPS) is 23.7. The number of halogens is 2. The molecule has 1 aliphatic rings. The van der Waals surface area contributed by atoms with Gasteiger partial charge in [0.1, 0.15) is 6.17 Å². The molecule has 1 unspecified atom stereocenters. The van der Waals surface area contributed by atoms with Crippen molar-refractivity contribution in [2.75, 3.05) is 0 Å². The molecule has 1 atom stereocenters. The molecule has 0 spiro atoms. The van der Waals surface area contributed by atoms with Gasteiger partial charge in [0.15, 0.2) is 0 Å². The molecule has 1 fully saturated rings. The number of aliphatic hydroxyl groups is 1. The average molecular weight is 390 g/mol. The van der Waals surface area contributed by atoms with Gasteiger partial charge in [-0.2, -0.15) is 0 Å². The fraction of sp³-hybridized carbons (Fsp3) is 0.409. The molecule has 144 valence electrons. The van der Waals surface area contributed by atoms with Gasteiger partial charge in [0.05, 0.1) is 11.6 Å². The minimum atomic E-state index is -1.24. The number of carbonyl (C=O) groups is 1. The van der Waals surface area contributed by atoms with E-state index in [-0.39, 0.29) is 31.6 Å². The Morgan fingerprint density at radius 3 is 2.44 bits per heavy atom. The first-order valence-corrected chi connectivity index (χ1v) is 9.67. The van der Waals surface area contributed by atoms with Crippen LogP contribution in [0.1, 0.15) is 58.8 Å². The first-order chi connectivity index (χ1) is 12.8. The van der Waals surface area contributed by atoms with E-state index in [9.17, 15) is 14.3 Å². The van der Waals surface area contributed by atoms with Crippen molar-refractivity contribution >= 4 is 17.5 Å². The van der Waals surface area contributed by atoms with E-state index in [0.717, 1.165) is 11.1 Å². The van der Waals surface area contributed by atoms with Crippen LogP contribution in [0.5, 0.6) is 0 Å². The van der Waals surface area contributed by atoms with Crippen LogP contribution >= 0.6 is 11.6 Å². The second-order valence-corrected chi connectivity index (χ2v) is 7.86. The zero-order valence-electron chi connectivity index (χ0n) is 15.6. The Morgan fingerprint density at radius 1 is 1.15 bits per heavy atom. The summed E-state index contributed by atoms with van der Waals surface area (Å²) in [4.78, 5) is 13.0. The predicted molar refractivity (Wildman–Crippen MR) is 106 cm³/mol. The van der Waals surface area contributed by atoms with Gasteiger partial charge in [-0.05, 0) is 62.3 Å². The molecule has 1 amide bonds. The number of nitrogens with one attached hydrogen (secondary N) is 1. The number of benzene rings is 2. The lowest BCUT2D eigenvalue weighted by atomic mass is 9.76. The zero-order valence-corrected chi connectivity index (χ0v) is 16.4. The van der Waals surface area contributed by atoms with Gasteiger partial charge in [-0.25, -0.2) is 4.39 Å². The summed E-state index contributed by atoms with van der Waals surface area (Å²) in [6.45, 7) is 3.75. The number of rotatable bonds is 4. The Kier molecular flexibility index (Phi) is 5.87. The molecule has 0 saturated heterocycles. The highest BCUT2D eigenvalue weighted by Gasteiger charge is 2.43. The SMILES string of the molecule is Cc1ccccc1C(=O)NC(c1cccc(C)c1Cl)[C@]1(O)CC[C@@H](F)CC1. The Balaban J connectivity index is 1.99. The second kappa shape index (κ2) is 7.99. The standard InChI is InChI=1S/C22H25ClFNO2/c1-14-6-3-4-8-17(14)21(26)25-20(18-9-5-7-15(2)19(18)23)22(27)12-10-16(24)11-13-22/h3-9,16,20,27H,10-13H2,1-2H3,(H,25,26)/t16-,20?,22+. The third-order valence-electron chi connectivity index (χ3n) is 5.52. The molecule has 0 heterocycles. The number of amides is 1. The highest BCUT2D eigenvalue weighted by Crippen LogP contribution is 2.42. The molecule has 2 N–H and O–H groups in total. The van der Waals surface area contributed by atoms with E-state index in [1.807, 2.05) is 44.2 Å². The summed E-state index contributed by atoms with van der Waals surface area (Å²) in [6, 6.07) is 12.1. The van der Waals surface area contributed by atoms with Gasteiger partial charge in [0.2, 0.25) is 0 Å². The summed E-state index contributed by atoms with van der Waals surface area (Å²) in [5.41, 5.74) is 1.70. The second-order valence-electron chi connectivity index (χ2n) is 7.48. The average Bonchev–Trinajstić information content (AvgIpc) is 2.65. The smallest absolute Gasteiger partial charge is 0.252 e. The molecule has 2 aromatic rings. The van der Waals surface area contributed by atoms with E-state index in [1.54, 1.807) is 12.1 Å². The molecule has 2 aromatic carbocycles. The number of hydrogen-bond donors (Lipinski definition) is 2. The molecular formula is C22H25ClFNO2. The molecule has 0 aromatic heterocycles. The molecule has 5 heteroatoms. The Labute approximate surface area is 164 Å². The maximum Gasteiger partial charge on any atom is 0.252 e. The van der Waals surface area contributed by atoms with Crippen LogP contribution in [0, 0.1) is 13.8 Å². The molecule has 27 heavy (non-hydrogen) atoms. The van der Waals surface area contributed by atoms with Gasteiger partial charge in [-0.3, -0.25) is 4.79 Å². The van der Waals surface area contributed by atoms with E-state index in [4.69, 9.17) is 11.6 Å². The van der Waals surface area contributed by atoms with Crippen molar-refractivity contribution in [3.8, 4) is 0 Å². The summed E-state index contributed by atoms with van der Waals surface area (Å²) < 4.78 is 13.7. The molecule has 3 rings (SSSR count). The van der Waals surface area contributed by atoms with Gasteiger partial charge in [-0.1, -0.05) is 48.0 Å². The lowest BCUT2D eigenvalue weighted by molar-refractivity contribution is -0.0445. The van der Waals surface area contributed by atoms with E-state index in [1.165, 1.54) is 0 Å². The first-order valence-electron chi connectivity index (χ1n) is 9.30. The van der Waals surface area contributed by atoms with Crippen LogP contribution in [0.3, 0.4) is 0 Å². The number of carbonyl (C=O) groups excluding carboxylic acids is 1. The van der Waals surface area contributed by atoms with Crippen LogP contribution < -0.4 is 5.32 Å². The third kappa shape index (κ3) is 4.17. The lowest BCUT2D eigenvalue weighted by Crippen LogP contribution is -2.48. The van der Waals surface area contributed by atoms with Gasteiger partial charge >= 0.3 is 0 Å². The van der Waals surface area contributed by atoms with E-state index >= 15 is 0 Å². The Hall–Kier alpha value is -1.91. The first kappa shape index (κ1) is 19.8. The summed E-state index contributed by atoms with van der Waals surface area (Å²) in [5, 5.41) is 14.8. The molecule has 0 bridgehead atoms. The fourth-order valence-corrected chi connectivity index (χ4v) is 4.04. The van der Waals surface area contributed by atoms with Crippen molar-refractivity contribution in [2.24, 2.45) is 0 Å². The number of aryl methyl sites for hydroxylation is 2. The lowest BCUT2D eigenvalue weighted by Gasteiger charge is -2.41. The molecule has 0 radical (unpaired) electrons. The van der Waals surface area contributed by atoms with Crippen LogP contribution in [0.2, 0.25) is 5.02 Å². The molecule has 0 aliphatic heterocycles. The molecular weight excluding hydrogens is 365 g/mol. The maximum atomic E-state index is 13.7. The van der Waals surface area contributed by atoms with Gasteiger partial charge < -0.3 is 10.4 Å². The Morgan fingerprint density at radius 2 is 1.78 bits per heavy atom. The summed E-state index contributed by atoms with van der Waals surface area (Å²) in [6.07, 6.45) is 0.188. The van der Waals surface area contributed by atoms with Crippen LogP contribution in [0.25, 0.3) is 0 Å². The molecule has 1 saturated carbocycles. The minimum Gasteiger partial charge on any atom is -0.387 e. The van der Waals surface area contributed by atoms with Crippen LogP contribution in [0.15, 0.2) is 42.5 Å². The van der Waals surface area contributed by atoms with Crippen molar-refractivity contribution in [2.45, 2.75) is 57.3 Å². The van der Waals surface area contributed by atoms with Gasteiger partial charge in [0.25, 0.3) is 5.91 Å². The van der Waals surface area contributed by atoms with Crippen molar-refractivity contribution in [1.29, 1.82) is 0 Å². The van der Waals surface area contributed by atoms with E-state index in [0.29, 0.717) is 16.1 Å². The van der Waals surface area contributed by atoms with Gasteiger partial charge in [0, 0.05) is 10.6 Å². The summed E-state index contributed by atoms with van der Waals surface area (Å²) >= 11 is 6.52. The summed E-state index contributed by atoms with van der Waals surface area (Å²) in [7, 11) is 0. The molecule has 3 nitrogen and oxygen atoms in total. The van der Waals surface area contributed by atoms with Crippen molar-refractivity contribution in [3.63, 3.8) is 0 Å². The largest absolute Gasteiger partial charge is 0.387 e. The topological polar surface area (TPSA) is 49.3 Å². The Bertz CT molecular complexity index is 831. The monoisotopic (exact) mass is 389 g/mol. The van der Waals surface area contributed by atoms with Crippen molar-refractivity contribution in [1.82, 2.24) is 5.32 Å². The third-order valence-corrected chi connectivity index (χ3v) is 6.03. The van der Waals surface area contributed by atoms with Crippen molar-refractivity contribution < 1.29 is 14.3 Å². The van der Waals surface area contributed by atoms with Crippen LogP contribution in [0.4, 0.5) is 4.39 Å². The minimum absolute atomic E-state index is 0.272. The zero-order chi connectivity index (χ0) is 19.6. The highest BCUT2D eigenvalue weighted by atomic mass is 35.5. The quantitative estimate of drug-likeness (QED) is 0.766. The number of hydrogen-bond acceptors (Lipinski definition) is 2. The van der Waals surface area contributed by atoms with E-state index < -0.39 is 17.8 Å². The summed E-state index contributed by atoms with van der Waals surface area (Å²) in [5.74, 6) is -0.272. The fourth-order valence-electron chi connectivity index (χ4n) is 3.80. The maximum absolute atomic E-state index is 13.7. The van der Waals surface area contributed by atoms with Gasteiger partial charge in [-0.15, -0.1) is 0 Å². The molecule has 1 aliphatic carbocycles. The van der Waals surface area contributed by atoms with E-state index in [2.05, 4.69) is 5.32 Å². The van der Waals surface area contributed by atoms with Crippen molar-refractivity contribution in [3.05, 3.63) is 69.7 Å².